The standard InChI is InChI=1S/C34H45BrFN3O6/c1-31(2)44-29-17-24-23-16-26(36)25-15-21(38-43-14-13-42-22-9-7-20(35)8-10-22)11-12-32(25,3)30(23)27(41)18-33(24,4)34(29,45-31)28(19-40)37-39(5)6/h7-12,15,23-24,26-27,29-30,40-41H,13-14,16-19H2,1-6H3/b37-28?,38-21+/t23-,24-,26-,27-,29+,30+,32-,33-,34+/m0/s1. The molecule has 0 amide bonds. The normalized spacial score (nSPS) is 40.7. The Morgan fingerprint density at radius 2 is 1.87 bits per heavy atom. The van der Waals surface area contributed by atoms with Crippen molar-refractivity contribution in [1.29, 1.82) is 0 Å². The summed E-state index contributed by atoms with van der Waals surface area (Å²) >= 11 is 3.41. The van der Waals surface area contributed by atoms with E-state index in [4.69, 9.17) is 19.0 Å². The minimum Gasteiger partial charge on any atom is -0.490 e. The van der Waals surface area contributed by atoms with Crippen LogP contribution in [-0.2, 0) is 14.3 Å². The van der Waals surface area contributed by atoms with Crippen molar-refractivity contribution >= 4 is 27.4 Å². The predicted molar refractivity (Wildman–Crippen MR) is 173 cm³/mol. The first-order chi connectivity index (χ1) is 21.2. The third kappa shape index (κ3) is 5.36. The summed E-state index contributed by atoms with van der Waals surface area (Å²) < 4.78 is 36.3. The van der Waals surface area contributed by atoms with Gasteiger partial charge in [-0.3, -0.25) is 0 Å². The highest BCUT2D eigenvalue weighted by Gasteiger charge is 2.76. The summed E-state index contributed by atoms with van der Waals surface area (Å²) in [6, 6.07) is 7.55. The van der Waals surface area contributed by atoms with Crippen molar-refractivity contribution in [2.24, 2.45) is 38.8 Å². The quantitative estimate of drug-likeness (QED) is 0.218. The lowest BCUT2D eigenvalue weighted by Gasteiger charge is -2.60. The fraction of sp³-hybridized carbons (Fsp3) is 0.647. The summed E-state index contributed by atoms with van der Waals surface area (Å²) in [5.74, 6) is -0.517. The molecule has 4 fully saturated rings. The third-order valence-electron chi connectivity index (χ3n) is 10.8. The lowest BCUT2D eigenvalue weighted by atomic mass is 9.46. The number of hydrogen-bond acceptors (Lipinski definition) is 9. The van der Waals surface area contributed by atoms with Gasteiger partial charge in [-0.05, 0) is 86.9 Å². The number of rotatable bonds is 8. The molecule has 5 aliphatic rings. The fourth-order valence-electron chi connectivity index (χ4n) is 9.33. The van der Waals surface area contributed by atoms with Gasteiger partial charge < -0.3 is 34.3 Å². The molecule has 2 N–H and O–H groups in total. The van der Waals surface area contributed by atoms with E-state index in [1.165, 1.54) is 0 Å². The Hall–Kier alpha value is -2.31. The van der Waals surface area contributed by atoms with E-state index in [9.17, 15) is 10.2 Å². The Labute approximate surface area is 273 Å². The summed E-state index contributed by atoms with van der Waals surface area (Å²) in [5.41, 5.74) is -0.745. The van der Waals surface area contributed by atoms with Gasteiger partial charge in [0, 0.05) is 35.3 Å². The van der Waals surface area contributed by atoms with E-state index in [1.54, 1.807) is 11.1 Å². The van der Waals surface area contributed by atoms with Crippen molar-refractivity contribution in [3.63, 3.8) is 0 Å². The SMILES string of the molecule is CN(C)N=C(CO)[C@@]12OC(C)(C)O[C@@H]1C[C@H]1[C@@H]3C[C@H](F)C4=C/C(=N/OCCOc5ccc(Br)cc5)C=C[C@]4(C)[C@H]3[C@@H](O)C[C@@]12C. The molecule has 1 heterocycles. The molecule has 1 saturated heterocycles. The molecular formula is C34H45BrFN3O6. The van der Waals surface area contributed by atoms with Crippen LogP contribution in [0.3, 0.4) is 0 Å². The highest BCUT2D eigenvalue weighted by Crippen LogP contribution is 2.70. The largest absolute Gasteiger partial charge is 0.490 e. The zero-order valence-corrected chi connectivity index (χ0v) is 28.5. The van der Waals surface area contributed by atoms with E-state index in [0.29, 0.717) is 36.4 Å². The number of hydrogen-bond donors (Lipinski definition) is 2. The molecule has 11 heteroatoms. The lowest BCUT2D eigenvalue weighted by molar-refractivity contribution is -0.211. The molecule has 0 spiro atoms. The molecule has 6 rings (SSSR count). The molecule has 0 bridgehead atoms. The second-order valence-corrected chi connectivity index (χ2v) is 15.1. The van der Waals surface area contributed by atoms with Crippen molar-refractivity contribution in [2.45, 2.75) is 76.7 Å². The zero-order chi connectivity index (χ0) is 32.4. The second kappa shape index (κ2) is 11.7. The van der Waals surface area contributed by atoms with Gasteiger partial charge in [0.2, 0.25) is 0 Å². The minimum absolute atomic E-state index is 0.0138. The van der Waals surface area contributed by atoms with Crippen LogP contribution in [0.5, 0.6) is 5.75 Å². The Kier molecular flexibility index (Phi) is 8.51. The van der Waals surface area contributed by atoms with Crippen molar-refractivity contribution in [1.82, 2.24) is 5.01 Å². The number of alkyl halides is 1. The maximum atomic E-state index is 16.3. The summed E-state index contributed by atoms with van der Waals surface area (Å²) in [4.78, 5) is 5.52. The smallest absolute Gasteiger partial charge is 0.164 e. The van der Waals surface area contributed by atoms with Crippen molar-refractivity contribution in [3.05, 3.63) is 52.5 Å². The van der Waals surface area contributed by atoms with Crippen LogP contribution in [0.2, 0.25) is 0 Å². The first-order valence-corrected chi connectivity index (χ1v) is 16.6. The van der Waals surface area contributed by atoms with Crippen LogP contribution in [0.15, 0.2) is 62.8 Å². The molecule has 1 aromatic carbocycles. The number of aliphatic hydroxyl groups excluding tert-OH is 2. The number of benzene rings is 1. The van der Waals surface area contributed by atoms with E-state index in [-0.39, 0.29) is 43.5 Å². The van der Waals surface area contributed by atoms with E-state index >= 15 is 4.39 Å². The maximum Gasteiger partial charge on any atom is 0.164 e. The van der Waals surface area contributed by atoms with Gasteiger partial charge in [0.25, 0.3) is 0 Å². The minimum atomic E-state index is -1.22. The van der Waals surface area contributed by atoms with Gasteiger partial charge in [0.1, 0.15) is 29.8 Å². The van der Waals surface area contributed by atoms with E-state index in [1.807, 2.05) is 71.3 Å². The zero-order valence-electron chi connectivity index (χ0n) is 26.9. The first-order valence-electron chi connectivity index (χ1n) is 15.8. The van der Waals surface area contributed by atoms with E-state index in [0.717, 1.165) is 10.2 Å². The summed E-state index contributed by atoms with van der Waals surface area (Å²) in [7, 11) is 3.62. The number of fused-ring (bicyclic) bond motifs is 7. The lowest BCUT2D eigenvalue weighted by Crippen LogP contribution is -2.64. The van der Waals surface area contributed by atoms with Crippen molar-refractivity contribution < 1.29 is 33.7 Å². The molecule has 1 aromatic rings. The van der Waals surface area contributed by atoms with Gasteiger partial charge in [-0.15, -0.1) is 0 Å². The molecule has 9 atom stereocenters. The predicted octanol–water partition coefficient (Wildman–Crippen LogP) is 5.27. The average molecular weight is 691 g/mol. The third-order valence-corrected chi connectivity index (χ3v) is 11.3. The Morgan fingerprint density at radius 1 is 1.13 bits per heavy atom. The van der Waals surface area contributed by atoms with E-state index in [2.05, 4.69) is 33.1 Å². The van der Waals surface area contributed by atoms with Crippen LogP contribution in [0.4, 0.5) is 4.39 Å². The van der Waals surface area contributed by atoms with Gasteiger partial charge in [-0.2, -0.15) is 5.10 Å². The van der Waals surface area contributed by atoms with Gasteiger partial charge in [0.05, 0.1) is 24.5 Å². The molecule has 3 saturated carbocycles. The highest BCUT2D eigenvalue weighted by atomic mass is 79.9. The molecule has 0 unspecified atom stereocenters. The number of nitrogens with zero attached hydrogens (tertiary/aromatic N) is 3. The Balaban J connectivity index is 1.23. The van der Waals surface area contributed by atoms with Crippen LogP contribution >= 0.6 is 15.9 Å². The van der Waals surface area contributed by atoms with Gasteiger partial charge in [-0.25, -0.2) is 4.39 Å². The Morgan fingerprint density at radius 3 is 2.56 bits per heavy atom. The maximum absolute atomic E-state index is 16.3. The number of ether oxygens (including phenoxy) is 3. The van der Waals surface area contributed by atoms with Crippen molar-refractivity contribution in [3.8, 4) is 5.75 Å². The van der Waals surface area contributed by atoms with Crippen LogP contribution in [0.1, 0.15) is 47.0 Å². The summed E-state index contributed by atoms with van der Waals surface area (Å²) in [6.07, 6.45) is 4.62. The molecular weight excluding hydrogens is 645 g/mol. The van der Waals surface area contributed by atoms with Gasteiger partial charge >= 0.3 is 0 Å². The molecule has 1 aliphatic heterocycles. The van der Waals surface area contributed by atoms with E-state index < -0.39 is 34.5 Å². The molecule has 246 valence electrons. The molecule has 45 heavy (non-hydrogen) atoms. The topological polar surface area (TPSA) is 105 Å². The molecule has 0 aromatic heterocycles. The first kappa shape index (κ1) is 32.6. The van der Waals surface area contributed by atoms with Gasteiger partial charge in [-0.1, -0.05) is 41.0 Å². The van der Waals surface area contributed by atoms with Crippen LogP contribution in [0, 0.1) is 28.6 Å². The number of aliphatic hydroxyl groups is 2. The van der Waals surface area contributed by atoms with Crippen molar-refractivity contribution in [2.75, 3.05) is 33.9 Å². The fourth-order valence-corrected chi connectivity index (χ4v) is 9.59. The molecule has 9 nitrogen and oxygen atoms in total. The molecule has 4 aliphatic carbocycles. The van der Waals surface area contributed by atoms with Crippen LogP contribution in [0.25, 0.3) is 0 Å². The van der Waals surface area contributed by atoms with Crippen LogP contribution in [-0.4, -0.2) is 90.3 Å². The second-order valence-electron chi connectivity index (χ2n) is 14.2. The number of halogens is 2. The Bertz CT molecular complexity index is 1410. The van der Waals surface area contributed by atoms with Gasteiger partial charge in [0.15, 0.2) is 12.4 Å². The number of oxime groups is 1. The summed E-state index contributed by atoms with van der Waals surface area (Å²) in [6.45, 7) is 8.15. The average Bonchev–Trinajstić information content (AvgIpc) is 3.37. The molecule has 0 radical (unpaired) electrons. The number of allylic oxidation sites excluding steroid dienone is 4. The highest BCUT2D eigenvalue weighted by molar-refractivity contribution is 9.10. The van der Waals surface area contributed by atoms with Crippen LogP contribution < -0.4 is 4.74 Å². The monoisotopic (exact) mass is 689 g/mol. The summed E-state index contributed by atoms with van der Waals surface area (Å²) in [5, 5.41) is 33.2. The number of hydrazone groups is 1.